The van der Waals surface area contributed by atoms with Crippen LogP contribution in [-0.4, -0.2) is 30.7 Å². The van der Waals surface area contributed by atoms with Gasteiger partial charge in [0.1, 0.15) is 0 Å². The van der Waals surface area contributed by atoms with E-state index in [1.807, 2.05) is 6.07 Å². The van der Waals surface area contributed by atoms with E-state index in [4.69, 9.17) is 0 Å². The molecule has 118 valence electrons. The van der Waals surface area contributed by atoms with Crippen molar-refractivity contribution in [2.24, 2.45) is 0 Å². The van der Waals surface area contributed by atoms with Crippen LogP contribution < -0.4 is 4.90 Å². The molecule has 0 bridgehead atoms. The maximum Gasteiger partial charge on any atom is 0.200 e. The Morgan fingerprint density at radius 1 is 1.29 bits per heavy atom. The minimum atomic E-state index is -3.37. The van der Waals surface area contributed by atoms with Gasteiger partial charge in [0.15, 0.2) is 14.9 Å². The number of nitrogens with zero attached hydrogens (tertiary/aromatic N) is 2. The van der Waals surface area contributed by atoms with Gasteiger partial charge in [0, 0.05) is 12.6 Å². The summed E-state index contributed by atoms with van der Waals surface area (Å²) in [5.41, 5.74) is 1.04. The largest absolute Gasteiger partial charge is 0.367 e. The second-order valence-corrected chi connectivity index (χ2v) is 9.37. The Morgan fingerprint density at radius 2 is 2.00 bits per heavy atom. The van der Waals surface area contributed by atoms with Gasteiger partial charge in [0.25, 0.3) is 0 Å². The predicted molar refractivity (Wildman–Crippen MR) is 86.5 cm³/mol. The zero-order valence-corrected chi connectivity index (χ0v) is 14.3. The lowest BCUT2D eigenvalue weighted by atomic mass is 9.99. The van der Waals surface area contributed by atoms with Crippen LogP contribution in [0.25, 0.3) is 0 Å². The van der Waals surface area contributed by atoms with Gasteiger partial charge in [-0.2, -0.15) is 0 Å². The van der Waals surface area contributed by atoms with Crippen molar-refractivity contribution in [3.05, 3.63) is 18.3 Å². The lowest BCUT2D eigenvalue weighted by Gasteiger charge is -2.37. The van der Waals surface area contributed by atoms with Gasteiger partial charge in [-0.3, -0.25) is 0 Å². The van der Waals surface area contributed by atoms with E-state index in [0.717, 1.165) is 18.7 Å². The van der Waals surface area contributed by atoms with Crippen molar-refractivity contribution in [2.45, 2.75) is 69.2 Å². The van der Waals surface area contributed by atoms with Gasteiger partial charge < -0.3 is 4.90 Å². The standard InChI is InChI=1S/C16H26N2O2S/c1-5-13-8-6-7-11-18(13)14-9-10-15(17-12-14)21(19,20)16(2,3)4/h9-10,12-13H,5-8,11H2,1-4H3. The molecule has 2 rings (SSSR count). The highest BCUT2D eigenvalue weighted by Gasteiger charge is 2.32. The van der Waals surface area contributed by atoms with Crippen molar-refractivity contribution >= 4 is 15.5 Å². The van der Waals surface area contributed by atoms with Crippen LogP contribution in [-0.2, 0) is 9.84 Å². The molecule has 1 atom stereocenters. The van der Waals surface area contributed by atoms with E-state index in [9.17, 15) is 8.42 Å². The molecule has 0 N–H and O–H groups in total. The molecular weight excluding hydrogens is 284 g/mol. The van der Waals surface area contributed by atoms with Gasteiger partial charge >= 0.3 is 0 Å². The SMILES string of the molecule is CCC1CCCCN1c1ccc(S(=O)(=O)C(C)(C)C)nc1. The first-order valence-corrected chi connectivity index (χ1v) is 9.23. The molecule has 21 heavy (non-hydrogen) atoms. The molecule has 0 amide bonds. The lowest BCUT2D eigenvalue weighted by molar-refractivity contribution is 0.449. The smallest absolute Gasteiger partial charge is 0.200 e. The third kappa shape index (κ3) is 3.23. The minimum absolute atomic E-state index is 0.170. The fourth-order valence-electron chi connectivity index (χ4n) is 2.78. The van der Waals surface area contributed by atoms with E-state index >= 15 is 0 Å². The van der Waals surface area contributed by atoms with E-state index in [1.54, 1.807) is 33.0 Å². The maximum atomic E-state index is 12.4. The first-order chi connectivity index (χ1) is 9.77. The Balaban J connectivity index is 2.27. The molecule has 0 aliphatic carbocycles. The summed E-state index contributed by atoms with van der Waals surface area (Å²) in [6.45, 7) is 8.35. The summed E-state index contributed by atoms with van der Waals surface area (Å²) >= 11 is 0. The number of pyridine rings is 1. The van der Waals surface area contributed by atoms with Gasteiger partial charge in [0.05, 0.1) is 16.6 Å². The number of rotatable bonds is 3. The number of hydrogen-bond donors (Lipinski definition) is 0. The predicted octanol–water partition coefficient (Wildman–Crippen LogP) is 3.42. The molecule has 1 aromatic rings. The highest BCUT2D eigenvalue weighted by Crippen LogP contribution is 2.28. The van der Waals surface area contributed by atoms with Gasteiger partial charge in [-0.25, -0.2) is 13.4 Å². The Hall–Kier alpha value is -1.10. The third-order valence-electron chi connectivity index (χ3n) is 4.23. The van der Waals surface area contributed by atoms with Crippen LogP contribution in [0.5, 0.6) is 0 Å². The monoisotopic (exact) mass is 310 g/mol. The molecule has 1 aromatic heterocycles. The van der Waals surface area contributed by atoms with Crippen LogP contribution in [0.1, 0.15) is 53.4 Å². The van der Waals surface area contributed by atoms with Crippen LogP contribution >= 0.6 is 0 Å². The van der Waals surface area contributed by atoms with Crippen molar-refractivity contribution in [2.75, 3.05) is 11.4 Å². The third-order valence-corrected chi connectivity index (χ3v) is 6.64. The average molecular weight is 310 g/mol. The number of anilines is 1. The second kappa shape index (κ2) is 5.95. The molecule has 2 heterocycles. The molecule has 0 spiro atoms. The summed E-state index contributed by atoms with van der Waals surface area (Å²) < 4.78 is 24.0. The molecule has 0 radical (unpaired) electrons. The van der Waals surface area contributed by atoms with Crippen molar-refractivity contribution in [1.82, 2.24) is 4.98 Å². The Bertz CT molecular complexity index is 573. The molecule has 5 heteroatoms. The number of aromatic nitrogens is 1. The summed E-state index contributed by atoms with van der Waals surface area (Å²) in [5.74, 6) is 0. The molecule has 0 saturated carbocycles. The molecule has 0 aromatic carbocycles. The van der Waals surface area contributed by atoms with Gasteiger partial charge in [0.2, 0.25) is 0 Å². The van der Waals surface area contributed by atoms with E-state index in [-0.39, 0.29) is 5.03 Å². The number of piperidine rings is 1. The average Bonchev–Trinajstić information content (AvgIpc) is 2.46. The first-order valence-electron chi connectivity index (χ1n) is 7.74. The Morgan fingerprint density at radius 3 is 2.52 bits per heavy atom. The Kier molecular flexibility index (Phi) is 4.61. The molecule has 1 aliphatic heterocycles. The quantitative estimate of drug-likeness (QED) is 0.858. The number of sulfone groups is 1. The zero-order valence-electron chi connectivity index (χ0n) is 13.5. The second-order valence-electron chi connectivity index (χ2n) is 6.72. The fourth-order valence-corrected chi connectivity index (χ4v) is 3.85. The van der Waals surface area contributed by atoms with Gasteiger partial charge in [-0.05, 0) is 58.6 Å². The molecule has 1 fully saturated rings. The van der Waals surface area contributed by atoms with E-state index in [1.165, 1.54) is 19.3 Å². The van der Waals surface area contributed by atoms with Crippen molar-refractivity contribution in [3.8, 4) is 0 Å². The highest BCUT2D eigenvalue weighted by atomic mass is 32.2. The molecule has 1 unspecified atom stereocenters. The molecule has 4 nitrogen and oxygen atoms in total. The zero-order chi connectivity index (χ0) is 15.7. The summed E-state index contributed by atoms with van der Waals surface area (Å²) in [6, 6.07) is 4.10. The van der Waals surface area contributed by atoms with Crippen LogP contribution in [0, 0.1) is 0 Å². The molecule has 1 aliphatic rings. The highest BCUT2D eigenvalue weighted by molar-refractivity contribution is 7.92. The van der Waals surface area contributed by atoms with Gasteiger partial charge in [-0.15, -0.1) is 0 Å². The molecule has 1 saturated heterocycles. The topological polar surface area (TPSA) is 50.3 Å². The van der Waals surface area contributed by atoms with Gasteiger partial charge in [-0.1, -0.05) is 6.92 Å². The fraction of sp³-hybridized carbons (Fsp3) is 0.688. The number of hydrogen-bond acceptors (Lipinski definition) is 4. The molecular formula is C16H26N2O2S. The first kappa shape index (κ1) is 16.3. The van der Waals surface area contributed by atoms with E-state index in [2.05, 4.69) is 16.8 Å². The minimum Gasteiger partial charge on any atom is -0.367 e. The normalized spacial score (nSPS) is 20.6. The summed E-state index contributed by atoms with van der Waals surface area (Å²) in [7, 11) is -3.37. The van der Waals surface area contributed by atoms with Crippen LogP contribution in [0.4, 0.5) is 5.69 Å². The van der Waals surface area contributed by atoms with Crippen LogP contribution in [0.2, 0.25) is 0 Å². The van der Waals surface area contributed by atoms with Crippen molar-refractivity contribution in [1.29, 1.82) is 0 Å². The maximum absolute atomic E-state index is 12.4. The Labute approximate surface area is 128 Å². The van der Waals surface area contributed by atoms with Crippen LogP contribution in [0.3, 0.4) is 0 Å². The van der Waals surface area contributed by atoms with E-state index in [0.29, 0.717) is 6.04 Å². The summed E-state index contributed by atoms with van der Waals surface area (Å²) in [6.07, 6.45) is 6.50. The summed E-state index contributed by atoms with van der Waals surface area (Å²) in [5, 5.41) is 0.170. The lowest BCUT2D eigenvalue weighted by Crippen LogP contribution is -2.39. The van der Waals surface area contributed by atoms with Crippen LogP contribution in [0.15, 0.2) is 23.4 Å². The summed E-state index contributed by atoms with van der Waals surface area (Å²) in [4.78, 5) is 6.60. The van der Waals surface area contributed by atoms with E-state index < -0.39 is 14.6 Å². The van der Waals surface area contributed by atoms with Crippen molar-refractivity contribution in [3.63, 3.8) is 0 Å². The van der Waals surface area contributed by atoms with Crippen molar-refractivity contribution < 1.29 is 8.42 Å².